The third-order valence-corrected chi connectivity index (χ3v) is 4.42. The molecule has 1 aliphatic heterocycles. The van der Waals surface area contributed by atoms with E-state index in [2.05, 4.69) is 0 Å². The van der Waals surface area contributed by atoms with Gasteiger partial charge in [0.1, 0.15) is 5.82 Å². The summed E-state index contributed by atoms with van der Waals surface area (Å²) in [5.74, 6) is -1.11. The highest BCUT2D eigenvalue weighted by Gasteiger charge is 2.25. The quantitative estimate of drug-likeness (QED) is 0.807. The van der Waals surface area contributed by atoms with Crippen LogP contribution in [0.15, 0.2) is 18.2 Å². The largest absolute Gasteiger partial charge is 0.481 e. The monoisotopic (exact) mass is 391 g/mol. The fourth-order valence-electron chi connectivity index (χ4n) is 2.42. The van der Waals surface area contributed by atoms with Gasteiger partial charge in [0.2, 0.25) is 0 Å². The number of carboxylic acid groups (broad SMARTS) is 1. The minimum absolute atomic E-state index is 0.108. The first-order chi connectivity index (χ1) is 9.47. The van der Waals surface area contributed by atoms with Gasteiger partial charge < -0.3 is 10.0 Å². The summed E-state index contributed by atoms with van der Waals surface area (Å²) in [4.78, 5) is 24.7. The smallest absolute Gasteiger partial charge is 0.303 e. The molecule has 1 aromatic carbocycles. The number of hydrogen-bond acceptors (Lipinski definition) is 2. The molecule has 2 rings (SSSR count). The minimum atomic E-state index is -0.789. The molecule has 1 N–H and O–H groups in total. The van der Waals surface area contributed by atoms with Crippen LogP contribution in [0.3, 0.4) is 0 Å². The Kier molecular flexibility index (Phi) is 4.95. The molecule has 108 valence electrons. The maximum Gasteiger partial charge on any atom is 0.303 e. The van der Waals surface area contributed by atoms with Crippen molar-refractivity contribution in [3.05, 3.63) is 33.1 Å². The Morgan fingerprint density at radius 2 is 2.00 bits per heavy atom. The van der Waals surface area contributed by atoms with Crippen LogP contribution in [0.5, 0.6) is 0 Å². The molecule has 1 amide bonds. The summed E-state index contributed by atoms with van der Waals surface area (Å²) in [7, 11) is 0. The molecule has 1 saturated heterocycles. The molecule has 0 aliphatic carbocycles. The van der Waals surface area contributed by atoms with Gasteiger partial charge >= 0.3 is 5.97 Å². The Balaban J connectivity index is 1.99. The Morgan fingerprint density at radius 1 is 1.35 bits per heavy atom. The molecule has 1 aromatic rings. The molecule has 1 aliphatic rings. The summed E-state index contributed by atoms with van der Waals surface area (Å²) in [6.45, 7) is 1.12. The minimum Gasteiger partial charge on any atom is -0.481 e. The van der Waals surface area contributed by atoms with Crippen LogP contribution in [-0.2, 0) is 4.79 Å². The van der Waals surface area contributed by atoms with Gasteiger partial charge in [-0.25, -0.2) is 4.39 Å². The van der Waals surface area contributed by atoms with E-state index in [9.17, 15) is 14.0 Å². The summed E-state index contributed by atoms with van der Waals surface area (Å²) in [5, 5.41) is 8.76. The number of rotatable bonds is 3. The zero-order chi connectivity index (χ0) is 14.7. The van der Waals surface area contributed by atoms with Crippen molar-refractivity contribution in [3.63, 3.8) is 0 Å². The van der Waals surface area contributed by atoms with E-state index in [1.165, 1.54) is 18.2 Å². The summed E-state index contributed by atoms with van der Waals surface area (Å²) in [6, 6.07) is 4.13. The van der Waals surface area contributed by atoms with Gasteiger partial charge in [-0.1, -0.05) is 0 Å². The third-order valence-electron chi connectivity index (χ3n) is 3.53. The zero-order valence-electron chi connectivity index (χ0n) is 10.8. The maximum absolute atomic E-state index is 13.0. The van der Waals surface area contributed by atoms with E-state index in [0.29, 0.717) is 35.1 Å². The zero-order valence-corrected chi connectivity index (χ0v) is 13.0. The SMILES string of the molecule is O=C(O)CC1CCN(C(=O)c2ccc(F)cc2I)CC1. The van der Waals surface area contributed by atoms with Crippen LogP contribution < -0.4 is 0 Å². The van der Waals surface area contributed by atoms with Crippen molar-refractivity contribution < 1.29 is 19.1 Å². The molecule has 0 saturated carbocycles. The highest BCUT2D eigenvalue weighted by molar-refractivity contribution is 14.1. The predicted molar refractivity (Wildman–Crippen MR) is 80.0 cm³/mol. The maximum atomic E-state index is 13.0. The number of amides is 1. The number of hydrogen-bond donors (Lipinski definition) is 1. The fraction of sp³-hybridized carbons (Fsp3) is 0.429. The summed E-state index contributed by atoms with van der Waals surface area (Å²) < 4.78 is 13.6. The average Bonchev–Trinajstić information content (AvgIpc) is 2.38. The van der Waals surface area contributed by atoms with E-state index >= 15 is 0 Å². The molecule has 0 bridgehead atoms. The van der Waals surface area contributed by atoms with E-state index in [-0.39, 0.29) is 24.1 Å². The van der Waals surface area contributed by atoms with Crippen molar-refractivity contribution in [1.29, 1.82) is 0 Å². The van der Waals surface area contributed by atoms with Crippen LogP contribution in [0, 0.1) is 15.3 Å². The van der Waals surface area contributed by atoms with E-state index < -0.39 is 5.97 Å². The van der Waals surface area contributed by atoms with Gasteiger partial charge in [0, 0.05) is 23.1 Å². The number of carboxylic acids is 1. The summed E-state index contributed by atoms with van der Waals surface area (Å²) in [6.07, 6.45) is 1.57. The van der Waals surface area contributed by atoms with E-state index in [1.54, 1.807) is 4.90 Å². The Morgan fingerprint density at radius 3 is 2.55 bits per heavy atom. The first kappa shape index (κ1) is 15.2. The van der Waals surface area contributed by atoms with Gasteiger partial charge in [0.15, 0.2) is 0 Å². The number of carbonyl (C=O) groups is 2. The molecule has 1 fully saturated rings. The first-order valence-electron chi connectivity index (χ1n) is 6.43. The van der Waals surface area contributed by atoms with Gasteiger partial charge in [-0.05, 0) is 59.5 Å². The van der Waals surface area contributed by atoms with Crippen LogP contribution >= 0.6 is 22.6 Å². The number of benzene rings is 1. The summed E-state index contributed by atoms with van der Waals surface area (Å²) in [5.41, 5.74) is 0.503. The average molecular weight is 391 g/mol. The van der Waals surface area contributed by atoms with Crippen molar-refractivity contribution in [1.82, 2.24) is 4.90 Å². The molecule has 0 unspecified atom stereocenters. The molecule has 6 heteroatoms. The Hall–Kier alpha value is -1.18. The lowest BCUT2D eigenvalue weighted by atomic mass is 9.93. The first-order valence-corrected chi connectivity index (χ1v) is 7.51. The number of piperidine rings is 1. The normalized spacial score (nSPS) is 16.2. The molecule has 20 heavy (non-hydrogen) atoms. The molecule has 0 aromatic heterocycles. The summed E-state index contributed by atoms with van der Waals surface area (Å²) >= 11 is 1.95. The Bertz CT molecular complexity index is 527. The number of carbonyl (C=O) groups excluding carboxylic acids is 1. The van der Waals surface area contributed by atoms with Gasteiger partial charge in [-0.15, -0.1) is 0 Å². The second-order valence-electron chi connectivity index (χ2n) is 4.96. The second kappa shape index (κ2) is 6.51. The lowest BCUT2D eigenvalue weighted by Gasteiger charge is -2.31. The van der Waals surface area contributed by atoms with E-state index in [0.717, 1.165) is 0 Å². The number of halogens is 2. The third kappa shape index (κ3) is 3.68. The van der Waals surface area contributed by atoms with Gasteiger partial charge in [-0.3, -0.25) is 9.59 Å². The van der Waals surface area contributed by atoms with Gasteiger partial charge in [-0.2, -0.15) is 0 Å². The number of nitrogens with zero attached hydrogens (tertiary/aromatic N) is 1. The molecule has 4 nitrogen and oxygen atoms in total. The van der Waals surface area contributed by atoms with Crippen molar-refractivity contribution in [2.24, 2.45) is 5.92 Å². The van der Waals surface area contributed by atoms with Crippen molar-refractivity contribution in [2.75, 3.05) is 13.1 Å². The second-order valence-corrected chi connectivity index (χ2v) is 6.12. The predicted octanol–water partition coefficient (Wildman–Crippen LogP) is 2.76. The standard InChI is InChI=1S/C14H15FINO3/c15-10-1-2-11(12(16)8-10)14(20)17-5-3-9(4-6-17)7-13(18)19/h1-2,8-9H,3-7H2,(H,18,19). The van der Waals surface area contributed by atoms with Crippen LogP contribution in [0.1, 0.15) is 29.6 Å². The van der Waals surface area contributed by atoms with E-state index in [4.69, 9.17) is 5.11 Å². The number of likely N-dealkylation sites (tertiary alicyclic amines) is 1. The Labute approximate surface area is 130 Å². The van der Waals surface area contributed by atoms with Crippen molar-refractivity contribution in [3.8, 4) is 0 Å². The van der Waals surface area contributed by atoms with Crippen LogP contribution in [0.4, 0.5) is 4.39 Å². The fourth-order valence-corrected chi connectivity index (χ4v) is 3.13. The number of aliphatic carboxylic acids is 1. The molecule has 1 heterocycles. The lowest BCUT2D eigenvalue weighted by Crippen LogP contribution is -2.39. The molecular weight excluding hydrogens is 376 g/mol. The van der Waals surface area contributed by atoms with Crippen molar-refractivity contribution in [2.45, 2.75) is 19.3 Å². The van der Waals surface area contributed by atoms with Crippen LogP contribution in [0.25, 0.3) is 0 Å². The molecule has 0 radical (unpaired) electrons. The van der Waals surface area contributed by atoms with Crippen molar-refractivity contribution >= 4 is 34.5 Å². The molecule has 0 spiro atoms. The molecule has 0 atom stereocenters. The highest BCUT2D eigenvalue weighted by Crippen LogP contribution is 2.23. The van der Waals surface area contributed by atoms with Gasteiger partial charge in [0.05, 0.1) is 5.56 Å². The molecular formula is C14H15FINO3. The topological polar surface area (TPSA) is 57.6 Å². The lowest BCUT2D eigenvalue weighted by molar-refractivity contribution is -0.138. The highest BCUT2D eigenvalue weighted by atomic mass is 127. The van der Waals surface area contributed by atoms with E-state index in [1.807, 2.05) is 22.6 Å². The van der Waals surface area contributed by atoms with Crippen LogP contribution in [0.2, 0.25) is 0 Å². The van der Waals surface area contributed by atoms with Gasteiger partial charge in [0.25, 0.3) is 5.91 Å². The van der Waals surface area contributed by atoms with Crippen LogP contribution in [-0.4, -0.2) is 35.0 Å².